The largest absolute Gasteiger partial charge is 0.481 e. The van der Waals surface area contributed by atoms with E-state index in [1.54, 1.807) is 66.7 Å². The normalized spacial score (nSPS) is 26.5. The Morgan fingerprint density at radius 3 is 1.93 bits per heavy atom. The Balaban J connectivity index is 0.00000261. The Hall–Kier alpha value is -7.41. The number of carbonyl (C=O) groups excluding carboxylic acids is 8. The smallest absolute Gasteiger partial charge is 0.350 e. The van der Waals surface area contributed by atoms with Crippen LogP contribution < -0.4 is 16.4 Å². The fourth-order valence-corrected chi connectivity index (χ4v) is 11.5. The van der Waals surface area contributed by atoms with E-state index >= 15 is 9.59 Å². The number of esters is 5. The maximum atomic E-state index is 15.8. The number of ketones is 1. The Morgan fingerprint density at radius 2 is 1.37 bits per heavy atom. The van der Waals surface area contributed by atoms with Crippen LogP contribution in [0.5, 0.6) is 0 Å². The van der Waals surface area contributed by atoms with Gasteiger partial charge < -0.3 is 69.6 Å². The first-order valence-electron chi connectivity index (χ1n) is 26.9. The van der Waals surface area contributed by atoms with Crippen molar-refractivity contribution in [3.8, 4) is 0 Å². The van der Waals surface area contributed by atoms with Crippen molar-refractivity contribution in [3.63, 3.8) is 0 Å². The maximum absolute atomic E-state index is 15.8. The molecule has 1 aliphatic heterocycles. The molecular weight excluding hydrogens is 1070 g/mol. The molecule has 11 atom stereocenters. The molecule has 2 amide bonds. The lowest BCUT2D eigenvalue weighted by atomic mass is 9.44. The van der Waals surface area contributed by atoms with Crippen LogP contribution in [0.2, 0.25) is 0 Å². The van der Waals surface area contributed by atoms with E-state index in [-0.39, 0.29) is 67.0 Å². The second kappa shape index (κ2) is 27.6. The molecular formula is C59H73N3O20. The second-order valence-corrected chi connectivity index (χ2v) is 21.2. The topological polar surface area (TPSA) is 338 Å². The number of carboxylic acids is 1. The molecule has 2 unspecified atom stereocenters. The number of aliphatic hydroxyl groups is 2. The number of benzene rings is 3. The van der Waals surface area contributed by atoms with E-state index < -0.39 is 137 Å². The molecule has 82 heavy (non-hydrogen) atoms. The Morgan fingerprint density at radius 1 is 0.780 bits per heavy atom. The highest BCUT2D eigenvalue weighted by molar-refractivity contribution is 5.96. The Bertz CT molecular complexity index is 2830. The van der Waals surface area contributed by atoms with Crippen LogP contribution in [0.4, 0.5) is 0 Å². The first-order valence-corrected chi connectivity index (χ1v) is 26.9. The first kappa shape index (κ1) is 63.8. The molecule has 7 rings (SSSR count). The van der Waals surface area contributed by atoms with Crippen molar-refractivity contribution < 1.29 is 96.4 Å². The highest BCUT2D eigenvalue weighted by Crippen LogP contribution is 2.64. The van der Waals surface area contributed by atoms with Crippen molar-refractivity contribution in [2.75, 3.05) is 46.1 Å². The predicted octanol–water partition coefficient (Wildman–Crippen LogP) is 3.27. The number of ether oxygens (including phenoxy) is 8. The third-order valence-corrected chi connectivity index (χ3v) is 15.5. The van der Waals surface area contributed by atoms with Crippen molar-refractivity contribution in [3.05, 3.63) is 119 Å². The predicted molar refractivity (Wildman–Crippen MR) is 288 cm³/mol. The van der Waals surface area contributed by atoms with Crippen LogP contribution in [0.25, 0.3) is 0 Å². The molecule has 23 heteroatoms. The molecule has 1 heterocycles. The van der Waals surface area contributed by atoms with Crippen LogP contribution in [-0.2, 0) is 71.5 Å². The standard InChI is InChI=1S/C57H69N3O18.C2H4O2/c1-33-39(75-53(69)47(76-43(65)23-22-42(64)59-25-27-72-29-28-71-26-24-58)45(36-16-10-7-11-17-36)60-51(67)37-18-12-8-13-19-37)31-57(70)50(77-52(68)38-20-14-9-15-21-38)48-55(6,40(63)30-41-56(48,32-73-41)78-35(3)62)49(66)46(74-34(2)61)44(33)54(57,4)5;1-2(3)4/h7-21,39-41,45-48,50,63,70H,22-32,58H2,1-6H3,(H,59,64)(H,60,67);1H3,(H,3,4)/t39-,40-,41+,45-,46+,47+,48?,50?,55+,56-,57+;/m0./s1. The molecule has 0 radical (unpaired) electrons. The lowest BCUT2D eigenvalue weighted by molar-refractivity contribution is -0.346. The number of carbonyl (C=O) groups is 9. The summed E-state index contributed by atoms with van der Waals surface area (Å²) in [7, 11) is 0. The van der Waals surface area contributed by atoms with Gasteiger partial charge in [0, 0.05) is 64.1 Å². The molecule has 3 aromatic rings. The first-order chi connectivity index (χ1) is 38.8. The van der Waals surface area contributed by atoms with Crippen LogP contribution in [0.15, 0.2) is 102 Å². The summed E-state index contributed by atoms with van der Waals surface area (Å²) in [6, 6.07) is 22.4. The van der Waals surface area contributed by atoms with E-state index in [0.717, 1.165) is 20.8 Å². The lowest BCUT2D eigenvalue weighted by Gasteiger charge is -2.67. The van der Waals surface area contributed by atoms with E-state index in [2.05, 4.69) is 10.6 Å². The van der Waals surface area contributed by atoms with Crippen molar-refractivity contribution in [1.82, 2.24) is 10.6 Å². The second-order valence-electron chi connectivity index (χ2n) is 21.2. The summed E-state index contributed by atoms with van der Waals surface area (Å²) in [6.45, 7) is 10.4. The fourth-order valence-electron chi connectivity index (χ4n) is 11.5. The monoisotopic (exact) mass is 1140 g/mol. The molecule has 2 bridgehead atoms. The zero-order chi connectivity index (χ0) is 60.2. The number of rotatable bonds is 22. The average Bonchev–Trinajstić information content (AvgIpc) is 0.706. The zero-order valence-electron chi connectivity index (χ0n) is 46.9. The maximum Gasteiger partial charge on any atom is 0.350 e. The summed E-state index contributed by atoms with van der Waals surface area (Å²) >= 11 is 0. The van der Waals surface area contributed by atoms with Gasteiger partial charge in [0.15, 0.2) is 17.5 Å². The summed E-state index contributed by atoms with van der Waals surface area (Å²) in [5.74, 6) is -9.66. The molecule has 3 aliphatic carbocycles. The molecule has 2 saturated carbocycles. The molecule has 4 aliphatic rings. The van der Waals surface area contributed by atoms with Gasteiger partial charge in [0.25, 0.3) is 11.9 Å². The van der Waals surface area contributed by atoms with E-state index in [9.17, 15) is 39.0 Å². The van der Waals surface area contributed by atoms with Gasteiger partial charge >= 0.3 is 29.8 Å². The minimum Gasteiger partial charge on any atom is -0.481 e. The number of Topliss-reactive ketones (excluding diaryl/α,β-unsaturated/α-hetero) is 1. The third-order valence-electron chi connectivity index (χ3n) is 15.5. The van der Waals surface area contributed by atoms with Gasteiger partial charge in [-0.1, -0.05) is 80.6 Å². The molecule has 3 fully saturated rings. The number of fused-ring (bicyclic) bond motifs is 5. The van der Waals surface area contributed by atoms with E-state index in [0.29, 0.717) is 19.8 Å². The molecule has 1 saturated heterocycles. The molecule has 3 aromatic carbocycles. The molecule has 23 nitrogen and oxygen atoms in total. The average molecular weight is 1140 g/mol. The van der Waals surface area contributed by atoms with E-state index in [1.807, 2.05) is 0 Å². The molecule has 7 N–H and O–H groups in total. The van der Waals surface area contributed by atoms with Gasteiger partial charge in [0.05, 0.1) is 62.5 Å². The molecule has 0 spiro atoms. The third kappa shape index (κ3) is 14.1. The van der Waals surface area contributed by atoms with Gasteiger partial charge in [-0.3, -0.25) is 33.6 Å². The van der Waals surface area contributed by atoms with Crippen LogP contribution >= 0.6 is 0 Å². The van der Waals surface area contributed by atoms with Crippen LogP contribution in [0, 0.1) is 16.7 Å². The summed E-state index contributed by atoms with van der Waals surface area (Å²) in [5, 5.41) is 39.1. The number of hydrogen-bond acceptors (Lipinski definition) is 20. The summed E-state index contributed by atoms with van der Waals surface area (Å²) < 4.78 is 47.5. The quantitative estimate of drug-likeness (QED) is 0.0364. The molecule has 0 aromatic heterocycles. The van der Waals surface area contributed by atoms with Gasteiger partial charge in [-0.25, -0.2) is 9.59 Å². The fraction of sp³-hybridized carbons (Fsp3) is 0.508. The van der Waals surface area contributed by atoms with Crippen molar-refractivity contribution >= 4 is 53.4 Å². The van der Waals surface area contributed by atoms with Crippen LogP contribution in [0.1, 0.15) is 106 Å². The number of nitrogens with two attached hydrogens (primary N) is 1. The van der Waals surface area contributed by atoms with E-state index in [4.69, 9.17) is 53.5 Å². The van der Waals surface area contributed by atoms with Gasteiger partial charge in [-0.2, -0.15) is 0 Å². The summed E-state index contributed by atoms with van der Waals surface area (Å²) in [5.41, 5.74) is -2.31. The SMILES string of the molecule is CC(=O)O.CC(=O)O[C@H]1C(=O)[C@@]2(C)C(C(OC(=O)c3ccccc3)[C@]3(O)C[C@H](OC(=O)[C@H](OC(=O)CCC(=O)NCCOCCOCCN)[C@@H](NC(=O)c4ccccc4)c4ccccc4)C(C)=C1C3(C)C)[C@]1(OC(C)=O)CO[C@@H]1C[C@@H]2O. The number of carboxylic acid groups (broad SMARTS) is 1. The van der Waals surface area contributed by atoms with Gasteiger partial charge in [0.2, 0.25) is 12.0 Å². The van der Waals surface area contributed by atoms with E-state index in [1.165, 1.54) is 52.0 Å². The number of amides is 2. The van der Waals surface area contributed by atoms with Gasteiger partial charge in [-0.05, 0) is 54.8 Å². The van der Waals surface area contributed by atoms with Crippen LogP contribution in [-0.4, -0.2) is 163 Å². The number of hydrogen-bond donors (Lipinski definition) is 6. The number of nitrogens with one attached hydrogen (secondary N) is 2. The summed E-state index contributed by atoms with van der Waals surface area (Å²) in [4.78, 5) is 122. The Labute approximate surface area is 474 Å². The highest BCUT2D eigenvalue weighted by Gasteiger charge is 2.78. The number of aliphatic hydroxyl groups excluding tert-OH is 1. The van der Waals surface area contributed by atoms with Crippen molar-refractivity contribution in [2.45, 2.75) is 128 Å². The minimum atomic E-state index is -2.50. The van der Waals surface area contributed by atoms with Crippen LogP contribution in [0.3, 0.4) is 0 Å². The zero-order valence-corrected chi connectivity index (χ0v) is 46.9. The lowest BCUT2D eigenvalue weighted by Crippen LogP contribution is -2.82. The molecule has 444 valence electrons. The van der Waals surface area contributed by atoms with Crippen molar-refractivity contribution in [2.24, 2.45) is 22.5 Å². The summed E-state index contributed by atoms with van der Waals surface area (Å²) in [6.07, 6.45) is -12.0. The van der Waals surface area contributed by atoms with Gasteiger partial charge in [-0.15, -0.1) is 0 Å². The van der Waals surface area contributed by atoms with Crippen molar-refractivity contribution in [1.29, 1.82) is 0 Å². The minimum absolute atomic E-state index is 0.0257. The number of aliphatic carboxylic acids is 1. The Kier molecular flexibility index (Phi) is 21.4. The van der Waals surface area contributed by atoms with Gasteiger partial charge in [0.1, 0.15) is 30.0 Å². The highest BCUT2D eigenvalue weighted by atomic mass is 16.6.